The quantitative estimate of drug-likeness (QED) is 0.370. The summed E-state index contributed by atoms with van der Waals surface area (Å²) in [5, 5.41) is 0.165. The molecule has 7 nitrogen and oxygen atoms in total. The fourth-order valence-corrected chi connectivity index (χ4v) is 6.41. The van der Waals surface area contributed by atoms with Crippen LogP contribution in [0.1, 0.15) is 58.2 Å². The van der Waals surface area contributed by atoms with Gasteiger partial charge in [0.15, 0.2) is 0 Å². The Morgan fingerprint density at radius 3 is 2.65 bits per heavy atom. The molecule has 0 unspecified atom stereocenters. The molecular weight excluding hydrogens is 543 g/mol. The Morgan fingerprint density at radius 1 is 1.20 bits per heavy atom. The van der Waals surface area contributed by atoms with Crippen molar-refractivity contribution >= 4 is 23.3 Å². The highest BCUT2D eigenvalue weighted by atomic mass is 35.5. The molecule has 0 radical (unpaired) electrons. The number of anilines is 1. The average molecular weight is 574 g/mol. The number of amides is 1. The van der Waals surface area contributed by atoms with Crippen molar-refractivity contribution < 1.29 is 22.7 Å². The maximum absolute atomic E-state index is 14.3. The maximum Gasteiger partial charge on any atom is 0.416 e. The standard InChI is InChI=1S/C29H31ClF3N5O2/c1-18-4-3-6-37(13-18)14-19-8-21-22(23(9-19)29(31,32)33)15-38(27(21)39)25-11-20(10-24(30)35-25)28(16-40-17-28)12-26-34-5-7-36(26)2/h5,7-11,18H,3-4,6,12-17H2,1-2H3/t18-/m0/s1. The van der Waals surface area contributed by atoms with E-state index in [-0.39, 0.29) is 28.6 Å². The molecule has 5 heterocycles. The van der Waals surface area contributed by atoms with Gasteiger partial charge in [-0.25, -0.2) is 9.97 Å². The largest absolute Gasteiger partial charge is 0.416 e. The topological polar surface area (TPSA) is 63.5 Å². The zero-order chi connectivity index (χ0) is 28.2. The van der Waals surface area contributed by atoms with Gasteiger partial charge in [-0.05, 0) is 66.3 Å². The van der Waals surface area contributed by atoms with E-state index < -0.39 is 23.1 Å². The summed E-state index contributed by atoms with van der Waals surface area (Å²) >= 11 is 6.44. The zero-order valence-corrected chi connectivity index (χ0v) is 23.2. The maximum atomic E-state index is 14.3. The lowest BCUT2D eigenvalue weighted by Crippen LogP contribution is -2.49. The molecule has 3 aromatic rings. The Balaban J connectivity index is 1.33. The lowest BCUT2D eigenvalue weighted by molar-refractivity contribution is -0.138. The predicted octanol–water partition coefficient (Wildman–Crippen LogP) is 5.39. The van der Waals surface area contributed by atoms with Gasteiger partial charge in [-0.1, -0.05) is 18.5 Å². The number of hydrogen-bond acceptors (Lipinski definition) is 5. The van der Waals surface area contributed by atoms with E-state index in [9.17, 15) is 18.0 Å². The Bertz CT molecular complexity index is 1450. The third kappa shape index (κ3) is 5.01. The van der Waals surface area contributed by atoms with Crippen LogP contribution in [0.15, 0.2) is 36.7 Å². The van der Waals surface area contributed by atoms with Gasteiger partial charge < -0.3 is 9.30 Å². The van der Waals surface area contributed by atoms with Crippen molar-refractivity contribution in [2.75, 3.05) is 31.2 Å². The number of hydrogen-bond donors (Lipinski definition) is 0. The highest BCUT2D eigenvalue weighted by Gasteiger charge is 2.44. The summed E-state index contributed by atoms with van der Waals surface area (Å²) in [5.74, 6) is 1.09. The molecule has 212 valence electrons. The molecule has 0 bridgehead atoms. The Morgan fingerprint density at radius 2 is 2.00 bits per heavy atom. The predicted molar refractivity (Wildman–Crippen MR) is 144 cm³/mol. The van der Waals surface area contributed by atoms with Crippen LogP contribution in [0.3, 0.4) is 0 Å². The minimum absolute atomic E-state index is 0.0220. The van der Waals surface area contributed by atoms with E-state index in [1.54, 1.807) is 24.4 Å². The summed E-state index contributed by atoms with van der Waals surface area (Å²) in [7, 11) is 1.92. The fraction of sp³-hybridized carbons (Fsp3) is 0.483. The van der Waals surface area contributed by atoms with Crippen LogP contribution in [0, 0.1) is 5.92 Å². The van der Waals surface area contributed by atoms with E-state index in [1.165, 1.54) is 11.0 Å². The number of nitrogens with zero attached hydrogens (tertiary/aromatic N) is 5. The summed E-state index contributed by atoms with van der Waals surface area (Å²) < 4.78 is 50.3. The number of halogens is 4. The van der Waals surface area contributed by atoms with E-state index >= 15 is 0 Å². The number of carbonyl (C=O) groups excluding carboxylic acids is 1. The molecular formula is C29H31ClF3N5O2. The van der Waals surface area contributed by atoms with Gasteiger partial charge in [0.05, 0.1) is 25.3 Å². The van der Waals surface area contributed by atoms with Crippen LogP contribution in [0.4, 0.5) is 19.0 Å². The molecule has 2 saturated heterocycles. The van der Waals surface area contributed by atoms with Crippen molar-refractivity contribution in [3.8, 4) is 0 Å². The summed E-state index contributed by atoms with van der Waals surface area (Å²) in [6.07, 6.45) is 1.72. The smallest absolute Gasteiger partial charge is 0.379 e. The number of carbonyl (C=O) groups is 1. The van der Waals surface area contributed by atoms with Gasteiger partial charge in [0.1, 0.15) is 16.8 Å². The summed E-state index contributed by atoms with van der Waals surface area (Å²) in [6, 6.07) is 6.33. The number of aryl methyl sites for hydroxylation is 1. The number of alkyl halides is 3. The van der Waals surface area contributed by atoms with Crippen molar-refractivity contribution in [2.45, 2.75) is 50.9 Å². The second-order valence-electron chi connectivity index (χ2n) is 11.5. The van der Waals surface area contributed by atoms with Gasteiger partial charge in [0.25, 0.3) is 5.91 Å². The van der Waals surface area contributed by atoms with E-state index in [0.29, 0.717) is 37.7 Å². The van der Waals surface area contributed by atoms with Gasteiger partial charge in [-0.2, -0.15) is 13.2 Å². The lowest BCUT2D eigenvalue weighted by atomic mass is 9.76. The van der Waals surface area contributed by atoms with Crippen molar-refractivity contribution in [1.82, 2.24) is 19.4 Å². The summed E-state index contributed by atoms with van der Waals surface area (Å²) in [6.45, 7) is 4.84. The lowest BCUT2D eigenvalue weighted by Gasteiger charge is -2.42. The molecule has 0 saturated carbocycles. The van der Waals surface area contributed by atoms with Gasteiger partial charge in [0.2, 0.25) is 0 Å². The molecule has 40 heavy (non-hydrogen) atoms. The van der Waals surface area contributed by atoms with Crippen LogP contribution in [-0.2, 0) is 42.9 Å². The molecule has 1 amide bonds. The molecule has 2 aromatic heterocycles. The average Bonchev–Trinajstić information content (AvgIpc) is 3.42. The van der Waals surface area contributed by atoms with Gasteiger partial charge in [-0.15, -0.1) is 0 Å². The molecule has 0 spiro atoms. The molecule has 3 aliphatic rings. The van der Waals surface area contributed by atoms with Gasteiger partial charge >= 0.3 is 6.18 Å². The van der Waals surface area contributed by atoms with Crippen LogP contribution < -0.4 is 4.90 Å². The number of piperidine rings is 1. The van der Waals surface area contributed by atoms with E-state index in [1.807, 2.05) is 17.8 Å². The first-order valence-electron chi connectivity index (χ1n) is 13.5. The highest BCUT2D eigenvalue weighted by Crippen LogP contribution is 2.42. The highest BCUT2D eigenvalue weighted by molar-refractivity contribution is 6.29. The van der Waals surface area contributed by atoms with E-state index in [4.69, 9.17) is 16.3 Å². The molecule has 1 aromatic carbocycles. The number of benzene rings is 1. The second-order valence-corrected chi connectivity index (χ2v) is 11.9. The number of ether oxygens (including phenoxy) is 1. The number of aromatic nitrogens is 3. The first-order chi connectivity index (χ1) is 19.0. The molecule has 3 aliphatic heterocycles. The van der Waals surface area contributed by atoms with Crippen LogP contribution in [0.5, 0.6) is 0 Å². The SMILES string of the molecule is C[C@H]1CCCN(Cc2cc3c(c(C(F)(F)F)c2)CN(c2cc(C4(Cc5nccn5C)COC4)cc(Cl)n2)C3=O)C1. The van der Waals surface area contributed by atoms with Gasteiger partial charge in [0, 0.05) is 49.9 Å². The number of likely N-dealkylation sites (tertiary alicyclic amines) is 1. The minimum Gasteiger partial charge on any atom is -0.379 e. The molecule has 11 heteroatoms. The fourth-order valence-electron chi connectivity index (χ4n) is 6.20. The van der Waals surface area contributed by atoms with Crippen molar-refractivity contribution in [2.24, 2.45) is 13.0 Å². The number of pyridine rings is 1. The normalized spacial score (nSPS) is 21.0. The van der Waals surface area contributed by atoms with E-state index in [0.717, 1.165) is 37.3 Å². The zero-order valence-electron chi connectivity index (χ0n) is 22.5. The van der Waals surface area contributed by atoms with Crippen molar-refractivity contribution in [3.05, 3.63) is 75.5 Å². The molecule has 0 aliphatic carbocycles. The first-order valence-corrected chi connectivity index (χ1v) is 13.9. The Labute approximate surface area is 235 Å². The summed E-state index contributed by atoms with van der Waals surface area (Å²) in [5.41, 5.74) is 0.180. The van der Waals surface area contributed by atoms with Crippen LogP contribution >= 0.6 is 11.6 Å². The number of rotatable bonds is 6. The third-order valence-corrected chi connectivity index (χ3v) is 8.59. The minimum atomic E-state index is -4.59. The van der Waals surface area contributed by atoms with Crippen molar-refractivity contribution in [3.63, 3.8) is 0 Å². The molecule has 0 N–H and O–H groups in total. The van der Waals surface area contributed by atoms with Crippen molar-refractivity contribution in [1.29, 1.82) is 0 Å². The Hall–Kier alpha value is -2.95. The number of imidazole rings is 1. The van der Waals surface area contributed by atoms with Gasteiger partial charge in [-0.3, -0.25) is 14.6 Å². The second kappa shape index (κ2) is 10.2. The summed E-state index contributed by atoms with van der Waals surface area (Å²) in [4.78, 5) is 25.9. The van der Waals surface area contributed by atoms with Crippen LogP contribution in [-0.4, -0.2) is 51.6 Å². The monoisotopic (exact) mass is 573 g/mol. The van der Waals surface area contributed by atoms with Crippen LogP contribution in [0.2, 0.25) is 5.15 Å². The van der Waals surface area contributed by atoms with E-state index in [2.05, 4.69) is 21.8 Å². The molecule has 2 fully saturated rings. The molecule has 1 atom stereocenters. The Kier molecular flexibility index (Phi) is 6.91. The van der Waals surface area contributed by atoms with Crippen LogP contribution in [0.25, 0.3) is 0 Å². The third-order valence-electron chi connectivity index (χ3n) is 8.40. The first kappa shape index (κ1) is 27.2. The molecule has 6 rings (SSSR count). The number of fused-ring (bicyclic) bond motifs is 1.